The van der Waals surface area contributed by atoms with Gasteiger partial charge in [0.15, 0.2) is 0 Å². The highest BCUT2D eigenvalue weighted by molar-refractivity contribution is 5.79. The van der Waals surface area contributed by atoms with E-state index >= 15 is 0 Å². The first-order chi connectivity index (χ1) is 8.31. The van der Waals surface area contributed by atoms with E-state index in [2.05, 4.69) is 10.2 Å². The van der Waals surface area contributed by atoms with Crippen LogP contribution in [0.1, 0.15) is 25.7 Å². The lowest BCUT2D eigenvalue weighted by Crippen LogP contribution is -2.44. The molecule has 0 aliphatic carbocycles. The molecule has 17 heavy (non-hydrogen) atoms. The number of amides is 1. The highest BCUT2D eigenvalue weighted by Crippen LogP contribution is 2.22. The third-order valence-electron chi connectivity index (χ3n) is 3.99. The predicted octanol–water partition coefficient (Wildman–Crippen LogP) is 0.871. The molecule has 2 rings (SSSR count). The molecule has 0 bridgehead atoms. The van der Waals surface area contributed by atoms with Crippen LogP contribution in [0, 0.1) is 11.8 Å². The summed E-state index contributed by atoms with van der Waals surface area (Å²) >= 11 is 0. The lowest BCUT2D eigenvalue weighted by atomic mass is 9.93. The van der Waals surface area contributed by atoms with Crippen molar-refractivity contribution in [1.82, 2.24) is 10.2 Å². The zero-order valence-electron chi connectivity index (χ0n) is 10.8. The number of carbonyl (C=O) groups is 1. The van der Waals surface area contributed by atoms with Crippen molar-refractivity contribution in [3.8, 4) is 0 Å². The zero-order valence-corrected chi connectivity index (χ0v) is 10.8. The number of rotatable bonds is 3. The fourth-order valence-corrected chi connectivity index (χ4v) is 2.85. The van der Waals surface area contributed by atoms with Gasteiger partial charge in [0.25, 0.3) is 0 Å². The number of likely N-dealkylation sites (tertiary alicyclic amines) is 1. The fourth-order valence-electron chi connectivity index (χ4n) is 2.85. The van der Waals surface area contributed by atoms with Crippen molar-refractivity contribution in [1.29, 1.82) is 0 Å². The van der Waals surface area contributed by atoms with E-state index in [0.29, 0.717) is 5.91 Å². The molecule has 0 aromatic carbocycles. The van der Waals surface area contributed by atoms with Gasteiger partial charge in [-0.05, 0) is 45.2 Å². The Hall–Kier alpha value is -0.610. The van der Waals surface area contributed by atoms with Gasteiger partial charge in [0, 0.05) is 32.2 Å². The molecule has 2 fully saturated rings. The van der Waals surface area contributed by atoms with Gasteiger partial charge in [-0.3, -0.25) is 4.79 Å². The number of nitrogens with one attached hydrogen (secondary N) is 1. The van der Waals surface area contributed by atoms with Gasteiger partial charge in [-0.1, -0.05) is 0 Å². The first-order valence-electron chi connectivity index (χ1n) is 6.82. The smallest absolute Gasteiger partial charge is 0.225 e. The quantitative estimate of drug-likeness (QED) is 0.796. The Labute approximate surface area is 104 Å². The number of carbonyl (C=O) groups excluding carboxylic acids is 1. The average molecular weight is 240 g/mol. The third-order valence-corrected chi connectivity index (χ3v) is 3.99. The number of hydrogen-bond acceptors (Lipinski definition) is 3. The van der Waals surface area contributed by atoms with Gasteiger partial charge in [0.1, 0.15) is 0 Å². The molecule has 2 saturated heterocycles. The van der Waals surface area contributed by atoms with Gasteiger partial charge in [0.2, 0.25) is 5.91 Å². The molecule has 0 aromatic rings. The molecule has 0 aromatic heterocycles. The molecule has 0 spiro atoms. The molecule has 4 nitrogen and oxygen atoms in total. The lowest BCUT2D eigenvalue weighted by molar-refractivity contribution is -0.139. The molecule has 2 heterocycles. The molecule has 0 radical (unpaired) electrons. The van der Waals surface area contributed by atoms with Crippen molar-refractivity contribution < 1.29 is 9.53 Å². The van der Waals surface area contributed by atoms with Crippen LogP contribution in [-0.4, -0.2) is 50.7 Å². The van der Waals surface area contributed by atoms with Crippen LogP contribution >= 0.6 is 0 Å². The molecule has 98 valence electrons. The Balaban J connectivity index is 1.77. The first-order valence-corrected chi connectivity index (χ1v) is 6.82. The summed E-state index contributed by atoms with van der Waals surface area (Å²) in [6.45, 7) is 4.49. The van der Waals surface area contributed by atoms with E-state index < -0.39 is 0 Å². The first kappa shape index (κ1) is 12.8. The van der Waals surface area contributed by atoms with E-state index in [9.17, 15) is 4.79 Å². The summed E-state index contributed by atoms with van der Waals surface area (Å²) in [5.74, 6) is 1.35. The molecule has 2 aliphatic rings. The summed E-state index contributed by atoms with van der Waals surface area (Å²) in [7, 11) is 2.00. The minimum Gasteiger partial charge on any atom is -0.381 e. The van der Waals surface area contributed by atoms with Crippen LogP contribution in [0.2, 0.25) is 0 Å². The van der Waals surface area contributed by atoms with Crippen LogP contribution in [0.25, 0.3) is 0 Å². The number of nitrogens with zero attached hydrogens (tertiary/aromatic N) is 1. The second-order valence-electron chi connectivity index (χ2n) is 5.21. The topological polar surface area (TPSA) is 41.6 Å². The summed E-state index contributed by atoms with van der Waals surface area (Å²) < 4.78 is 5.31. The summed E-state index contributed by atoms with van der Waals surface area (Å²) in [6, 6.07) is 0. The maximum Gasteiger partial charge on any atom is 0.225 e. The van der Waals surface area contributed by atoms with Crippen LogP contribution < -0.4 is 5.32 Å². The maximum atomic E-state index is 12.3. The van der Waals surface area contributed by atoms with E-state index in [0.717, 1.165) is 64.4 Å². The van der Waals surface area contributed by atoms with Crippen LogP contribution in [0.5, 0.6) is 0 Å². The number of ether oxygens (including phenoxy) is 1. The van der Waals surface area contributed by atoms with Crippen molar-refractivity contribution in [2.45, 2.75) is 25.7 Å². The second-order valence-corrected chi connectivity index (χ2v) is 5.21. The molecule has 2 aliphatic heterocycles. The van der Waals surface area contributed by atoms with Crippen LogP contribution in [0.15, 0.2) is 0 Å². The third kappa shape index (κ3) is 3.42. The molecule has 0 saturated carbocycles. The van der Waals surface area contributed by atoms with Crippen LogP contribution in [-0.2, 0) is 9.53 Å². The molecule has 0 atom stereocenters. The van der Waals surface area contributed by atoms with Gasteiger partial charge < -0.3 is 15.0 Å². The van der Waals surface area contributed by atoms with Crippen LogP contribution in [0.3, 0.4) is 0 Å². The summed E-state index contributed by atoms with van der Waals surface area (Å²) in [6.07, 6.45) is 4.12. The minimum atomic E-state index is 0.226. The van der Waals surface area contributed by atoms with E-state index in [1.54, 1.807) is 0 Å². The van der Waals surface area contributed by atoms with Crippen LogP contribution in [0.4, 0.5) is 0 Å². The van der Waals surface area contributed by atoms with E-state index in [1.807, 2.05) is 7.05 Å². The summed E-state index contributed by atoms with van der Waals surface area (Å²) in [5, 5.41) is 3.22. The highest BCUT2D eigenvalue weighted by Gasteiger charge is 2.29. The monoisotopic (exact) mass is 240 g/mol. The van der Waals surface area contributed by atoms with Crippen molar-refractivity contribution in [2.75, 3.05) is 39.9 Å². The van der Waals surface area contributed by atoms with Gasteiger partial charge in [-0.2, -0.15) is 0 Å². The van der Waals surface area contributed by atoms with E-state index in [-0.39, 0.29) is 5.92 Å². The van der Waals surface area contributed by atoms with Gasteiger partial charge in [0.05, 0.1) is 0 Å². The van der Waals surface area contributed by atoms with E-state index in [1.165, 1.54) is 0 Å². The lowest BCUT2D eigenvalue weighted by Gasteiger charge is -2.35. The fraction of sp³-hybridized carbons (Fsp3) is 0.923. The van der Waals surface area contributed by atoms with Crippen molar-refractivity contribution >= 4 is 5.91 Å². The SMILES string of the molecule is CNCC1CCN(C(=O)C2CCOCC2)CC1. The van der Waals surface area contributed by atoms with Crippen molar-refractivity contribution in [3.05, 3.63) is 0 Å². The molecule has 1 amide bonds. The standard InChI is InChI=1S/C13H24N2O2/c1-14-10-11-2-6-15(7-3-11)13(16)12-4-8-17-9-5-12/h11-12,14H,2-10H2,1H3. The Morgan fingerprint density at radius 2 is 1.88 bits per heavy atom. The molecular weight excluding hydrogens is 216 g/mol. The van der Waals surface area contributed by atoms with Crippen molar-refractivity contribution in [2.24, 2.45) is 11.8 Å². The Morgan fingerprint density at radius 1 is 1.24 bits per heavy atom. The summed E-state index contributed by atoms with van der Waals surface area (Å²) in [4.78, 5) is 14.3. The molecule has 0 unspecified atom stereocenters. The minimum absolute atomic E-state index is 0.226. The largest absolute Gasteiger partial charge is 0.381 e. The zero-order chi connectivity index (χ0) is 12.1. The van der Waals surface area contributed by atoms with Gasteiger partial charge in [-0.25, -0.2) is 0 Å². The highest BCUT2D eigenvalue weighted by atomic mass is 16.5. The Kier molecular flexibility index (Phi) is 4.80. The molecule has 1 N–H and O–H groups in total. The average Bonchev–Trinajstić information content (AvgIpc) is 2.40. The second kappa shape index (κ2) is 6.36. The maximum absolute atomic E-state index is 12.3. The predicted molar refractivity (Wildman–Crippen MR) is 66.8 cm³/mol. The summed E-state index contributed by atoms with van der Waals surface area (Å²) in [5.41, 5.74) is 0. The Bertz CT molecular complexity index is 244. The normalized spacial score (nSPS) is 23.9. The van der Waals surface area contributed by atoms with Gasteiger partial charge in [-0.15, -0.1) is 0 Å². The molecular formula is C13H24N2O2. The van der Waals surface area contributed by atoms with Crippen molar-refractivity contribution in [3.63, 3.8) is 0 Å². The number of piperidine rings is 1. The van der Waals surface area contributed by atoms with E-state index in [4.69, 9.17) is 4.74 Å². The Morgan fingerprint density at radius 3 is 2.47 bits per heavy atom. The number of hydrogen-bond donors (Lipinski definition) is 1. The molecule has 4 heteroatoms. The van der Waals surface area contributed by atoms with Gasteiger partial charge >= 0.3 is 0 Å².